The van der Waals surface area contributed by atoms with Crippen LogP contribution in [0.2, 0.25) is 0 Å². The van der Waals surface area contributed by atoms with Crippen LogP contribution in [0.3, 0.4) is 0 Å². The molecule has 92 valence electrons. The van der Waals surface area contributed by atoms with Crippen molar-refractivity contribution in [2.24, 2.45) is 0 Å². The summed E-state index contributed by atoms with van der Waals surface area (Å²) < 4.78 is 0. The van der Waals surface area contributed by atoms with Gasteiger partial charge in [-0.1, -0.05) is 18.9 Å². The van der Waals surface area contributed by atoms with Crippen molar-refractivity contribution in [1.82, 2.24) is 10.2 Å². The standard InChI is InChI=1S/C13H18N2OS/c1-9-13(16)15(10-5-2-3-6-10)12(14-9)11-7-4-8-17-11/h4,7-10,12,14H,2-3,5-6H2,1H3. The second-order valence-corrected chi connectivity index (χ2v) is 5.97. The van der Waals surface area contributed by atoms with Crippen molar-refractivity contribution >= 4 is 17.2 Å². The van der Waals surface area contributed by atoms with Gasteiger partial charge in [0.2, 0.25) is 5.91 Å². The first-order valence-electron chi connectivity index (χ1n) is 6.39. The Hall–Kier alpha value is -0.870. The van der Waals surface area contributed by atoms with Crippen molar-refractivity contribution in [2.45, 2.75) is 50.9 Å². The average Bonchev–Trinajstić information content (AvgIpc) is 3.01. The number of nitrogens with one attached hydrogen (secondary N) is 1. The molecule has 1 aromatic heterocycles. The monoisotopic (exact) mass is 250 g/mol. The molecule has 3 nitrogen and oxygen atoms in total. The van der Waals surface area contributed by atoms with E-state index in [9.17, 15) is 4.79 Å². The molecule has 0 aromatic carbocycles. The predicted molar refractivity (Wildman–Crippen MR) is 68.8 cm³/mol. The van der Waals surface area contributed by atoms with E-state index in [1.165, 1.54) is 30.6 Å². The highest BCUT2D eigenvalue weighted by Crippen LogP contribution is 2.35. The van der Waals surface area contributed by atoms with Crippen molar-refractivity contribution in [3.63, 3.8) is 0 Å². The van der Waals surface area contributed by atoms with Gasteiger partial charge in [0.15, 0.2) is 0 Å². The lowest BCUT2D eigenvalue weighted by atomic mass is 10.2. The van der Waals surface area contributed by atoms with Crippen LogP contribution >= 0.6 is 11.3 Å². The number of carbonyl (C=O) groups is 1. The normalized spacial score (nSPS) is 30.4. The van der Waals surface area contributed by atoms with Gasteiger partial charge < -0.3 is 4.90 Å². The number of nitrogens with zero attached hydrogens (tertiary/aromatic N) is 1. The Bertz CT molecular complexity index is 398. The third-order valence-electron chi connectivity index (χ3n) is 3.84. The van der Waals surface area contributed by atoms with E-state index in [4.69, 9.17) is 0 Å². The van der Waals surface area contributed by atoms with Gasteiger partial charge in [-0.3, -0.25) is 10.1 Å². The fraction of sp³-hybridized carbons (Fsp3) is 0.615. The van der Waals surface area contributed by atoms with E-state index in [-0.39, 0.29) is 18.1 Å². The van der Waals surface area contributed by atoms with Gasteiger partial charge in [0, 0.05) is 10.9 Å². The highest BCUT2D eigenvalue weighted by Gasteiger charge is 2.42. The maximum absolute atomic E-state index is 12.3. The summed E-state index contributed by atoms with van der Waals surface area (Å²) in [6.07, 6.45) is 4.98. The molecule has 1 saturated carbocycles. The predicted octanol–water partition coefficient (Wildman–Crippen LogP) is 2.51. The minimum absolute atomic E-state index is 0.0392. The average molecular weight is 250 g/mol. The van der Waals surface area contributed by atoms with E-state index in [1.54, 1.807) is 11.3 Å². The van der Waals surface area contributed by atoms with Gasteiger partial charge in [0.1, 0.15) is 6.17 Å². The molecule has 4 heteroatoms. The molecule has 17 heavy (non-hydrogen) atoms. The Kier molecular flexibility index (Phi) is 2.92. The molecule has 1 aromatic rings. The summed E-state index contributed by atoms with van der Waals surface area (Å²) in [5.41, 5.74) is 0. The minimum Gasteiger partial charge on any atom is -0.318 e. The SMILES string of the molecule is CC1NC(c2cccs2)N(C2CCCC2)C1=O. The zero-order valence-corrected chi connectivity index (χ0v) is 10.9. The van der Waals surface area contributed by atoms with Crippen LogP contribution in [0.25, 0.3) is 0 Å². The van der Waals surface area contributed by atoms with Crippen LogP contribution in [0.1, 0.15) is 43.6 Å². The van der Waals surface area contributed by atoms with Crippen LogP contribution < -0.4 is 5.32 Å². The van der Waals surface area contributed by atoms with Gasteiger partial charge in [-0.05, 0) is 31.2 Å². The molecule has 1 N–H and O–H groups in total. The second-order valence-electron chi connectivity index (χ2n) is 4.99. The molecule has 0 bridgehead atoms. The topological polar surface area (TPSA) is 32.3 Å². The third kappa shape index (κ3) is 1.89. The zero-order chi connectivity index (χ0) is 11.8. The van der Waals surface area contributed by atoms with Crippen molar-refractivity contribution in [3.05, 3.63) is 22.4 Å². The largest absolute Gasteiger partial charge is 0.318 e. The summed E-state index contributed by atoms with van der Waals surface area (Å²) in [7, 11) is 0. The molecule has 2 unspecified atom stereocenters. The number of hydrogen-bond donors (Lipinski definition) is 1. The molecule has 0 radical (unpaired) electrons. The van der Waals surface area contributed by atoms with Gasteiger partial charge in [-0.2, -0.15) is 0 Å². The Morgan fingerprint density at radius 2 is 2.18 bits per heavy atom. The van der Waals surface area contributed by atoms with Crippen molar-refractivity contribution in [3.8, 4) is 0 Å². The van der Waals surface area contributed by atoms with E-state index in [2.05, 4.69) is 27.7 Å². The zero-order valence-electron chi connectivity index (χ0n) is 10.1. The number of amides is 1. The Balaban J connectivity index is 1.88. The summed E-state index contributed by atoms with van der Waals surface area (Å²) in [6, 6.07) is 4.59. The van der Waals surface area contributed by atoms with Crippen molar-refractivity contribution in [1.29, 1.82) is 0 Å². The molecule has 1 aliphatic heterocycles. The highest BCUT2D eigenvalue weighted by atomic mass is 32.1. The van der Waals surface area contributed by atoms with E-state index >= 15 is 0 Å². The highest BCUT2D eigenvalue weighted by molar-refractivity contribution is 7.10. The van der Waals surface area contributed by atoms with E-state index in [1.807, 2.05) is 6.92 Å². The first kappa shape index (κ1) is 11.2. The number of thiophene rings is 1. The summed E-state index contributed by atoms with van der Waals surface area (Å²) in [6.45, 7) is 1.97. The summed E-state index contributed by atoms with van der Waals surface area (Å²) in [4.78, 5) is 15.6. The molecular formula is C13H18N2OS. The number of hydrogen-bond acceptors (Lipinski definition) is 3. The van der Waals surface area contributed by atoms with Gasteiger partial charge in [0.25, 0.3) is 0 Å². The molecule has 1 aliphatic carbocycles. The number of carbonyl (C=O) groups excluding carboxylic acids is 1. The molecular weight excluding hydrogens is 232 g/mol. The van der Waals surface area contributed by atoms with Crippen LogP contribution in [-0.2, 0) is 4.79 Å². The van der Waals surface area contributed by atoms with Crippen LogP contribution in [0.4, 0.5) is 0 Å². The van der Waals surface area contributed by atoms with Crippen LogP contribution in [0.5, 0.6) is 0 Å². The fourth-order valence-electron chi connectivity index (χ4n) is 2.98. The first-order chi connectivity index (χ1) is 8.27. The van der Waals surface area contributed by atoms with Gasteiger partial charge in [-0.25, -0.2) is 0 Å². The summed E-state index contributed by atoms with van der Waals surface area (Å²) in [5.74, 6) is 0.273. The van der Waals surface area contributed by atoms with Crippen LogP contribution in [-0.4, -0.2) is 22.9 Å². The molecule has 2 atom stereocenters. The number of rotatable bonds is 2. The lowest BCUT2D eigenvalue weighted by Gasteiger charge is -2.29. The lowest BCUT2D eigenvalue weighted by molar-refractivity contribution is -0.132. The van der Waals surface area contributed by atoms with Crippen molar-refractivity contribution in [2.75, 3.05) is 0 Å². The van der Waals surface area contributed by atoms with Gasteiger partial charge in [-0.15, -0.1) is 11.3 Å². The smallest absolute Gasteiger partial charge is 0.241 e. The maximum Gasteiger partial charge on any atom is 0.241 e. The summed E-state index contributed by atoms with van der Waals surface area (Å²) >= 11 is 1.73. The van der Waals surface area contributed by atoms with Gasteiger partial charge in [0.05, 0.1) is 6.04 Å². The van der Waals surface area contributed by atoms with Crippen molar-refractivity contribution < 1.29 is 4.79 Å². The Morgan fingerprint density at radius 3 is 2.82 bits per heavy atom. The molecule has 2 fully saturated rings. The maximum atomic E-state index is 12.3. The Labute approximate surface area is 106 Å². The third-order valence-corrected chi connectivity index (χ3v) is 4.77. The lowest BCUT2D eigenvalue weighted by Crippen LogP contribution is -2.38. The Morgan fingerprint density at radius 1 is 1.41 bits per heavy atom. The van der Waals surface area contributed by atoms with E-state index in [0.717, 1.165) is 0 Å². The molecule has 2 heterocycles. The van der Waals surface area contributed by atoms with Gasteiger partial charge >= 0.3 is 0 Å². The molecule has 1 saturated heterocycles. The molecule has 3 rings (SSSR count). The second kappa shape index (κ2) is 4.42. The minimum atomic E-state index is -0.0392. The molecule has 2 aliphatic rings. The summed E-state index contributed by atoms with van der Waals surface area (Å²) in [5, 5.41) is 5.50. The fourth-order valence-corrected chi connectivity index (χ4v) is 3.76. The van der Waals surface area contributed by atoms with E-state index in [0.29, 0.717) is 6.04 Å². The van der Waals surface area contributed by atoms with E-state index < -0.39 is 0 Å². The molecule has 0 spiro atoms. The molecule has 1 amide bonds. The first-order valence-corrected chi connectivity index (χ1v) is 7.27. The van der Waals surface area contributed by atoms with Crippen LogP contribution in [0.15, 0.2) is 17.5 Å². The quantitative estimate of drug-likeness (QED) is 0.874. The van der Waals surface area contributed by atoms with Crippen LogP contribution in [0, 0.1) is 0 Å².